The third-order valence-corrected chi connectivity index (χ3v) is 2.16. The van der Waals surface area contributed by atoms with Gasteiger partial charge in [-0.25, -0.2) is 4.98 Å². The van der Waals surface area contributed by atoms with Crippen LogP contribution >= 0.6 is 12.4 Å². The molecule has 0 aliphatic heterocycles. The van der Waals surface area contributed by atoms with Gasteiger partial charge >= 0.3 is 0 Å². The molecule has 0 radical (unpaired) electrons. The number of nitrogens with two attached hydrogens (primary N) is 1. The van der Waals surface area contributed by atoms with Crippen molar-refractivity contribution in [3.63, 3.8) is 0 Å². The molecule has 2 N–H and O–H groups in total. The highest BCUT2D eigenvalue weighted by molar-refractivity contribution is 5.85. The standard InChI is InChI=1S/C14H12N2.ClH/c1-11-7-9-13(15)14(16-11)10-8-12-5-3-2-4-6-12;/h2-7,9H,15H2,1H3;1H. The summed E-state index contributed by atoms with van der Waals surface area (Å²) in [5, 5.41) is 0. The predicted molar refractivity (Wildman–Crippen MR) is 73.1 cm³/mol. The molecule has 0 amide bonds. The molecule has 0 bridgehead atoms. The van der Waals surface area contributed by atoms with E-state index in [1.165, 1.54) is 0 Å². The molecule has 2 nitrogen and oxygen atoms in total. The van der Waals surface area contributed by atoms with Gasteiger partial charge in [-0.1, -0.05) is 24.1 Å². The minimum atomic E-state index is 0. The summed E-state index contributed by atoms with van der Waals surface area (Å²) in [5.74, 6) is 6.02. The highest BCUT2D eigenvalue weighted by Crippen LogP contribution is 2.08. The second-order valence-corrected chi connectivity index (χ2v) is 3.51. The topological polar surface area (TPSA) is 38.9 Å². The van der Waals surface area contributed by atoms with Gasteiger partial charge in [-0.2, -0.15) is 0 Å². The van der Waals surface area contributed by atoms with E-state index in [1.807, 2.05) is 49.4 Å². The summed E-state index contributed by atoms with van der Waals surface area (Å²) in [6.45, 7) is 1.92. The normalized spacial score (nSPS) is 8.76. The summed E-state index contributed by atoms with van der Waals surface area (Å²) < 4.78 is 0. The number of anilines is 1. The Bertz CT molecular complexity index is 553. The molecule has 1 aromatic heterocycles. The molecule has 0 saturated heterocycles. The number of hydrogen-bond acceptors (Lipinski definition) is 2. The molecular formula is C14H13ClN2. The summed E-state index contributed by atoms with van der Waals surface area (Å²) in [6.07, 6.45) is 0. The maximum Gasteiger partial charge on any atom is 0.136 e. The lowest BCUT2D eigenvalue weighted by molar-refractivity contribution is 1.18. The van der Waals surface area contributed by atoms with Crippen LogP contribution < -0.4 is 5.73 Å². The van der Waals surface area contributed by atoms with E-state index in [1.54, 1.807) is 0 Å². The van der Waals surface area contributed by atoms with Gasteiger partial charge in [0.1, 0.15) is 5.69 Å². The fourth-order valence-electron chi connectivity index (χ4n) is 1.32. The molecule has 0 spiro atoms. The zero-order valence-electron chi connectivity index (χ0n) is 9.47. The monoisotopic (exact) mass is 244 g/mol. The average molecular weight is 245 g/mol. The summed E-state index contributed by atoms with van der Waals surface area (Å²) in [4.78, 5) is 4.29. The van der Waals surface area contributed by atoms with Crippen LogP contribution in [0.1, 0.15) is 17.0 Å². The van der Waals surface area contributed by atoms with Gasteiger partial charge in [0.15, 0.2) is 0 Å². The summed E-state index contributed by atoms with van der Waals surface area (Å²) in [5.41, 5.74) is 8.94. The molecule has 0 aliphatic carbocycles. The lowest BCUT2D eigenvalue weighted by Gasteiger charge is -1.97. The minimum absolute atomic E-state index is 0. The van der Waals surface area contributed by atoms with Gasteiger partial charge < -0.3 is 5.73 Å². The largest absolute Gasteiger partial charge is 0.396 e. The minimum Gasteiger partial charge on any atom is -0.396 e. The summed E-state index contributed by atoms with van der Waals surface area (Å²) in [7, 11) is 0. The smallest absolute Gasteiger partial charge is 0.136 e. The van der Waals surface area contributed by atoms with Gasteiger partial charge in [0.05, 0.1) is 5.69 Å². The first kappa shape index (κ1) is 13.1. The number of nitrogens with zero attached hydrogens (tertiary/aromatic N) is 1. The Morgan fingerprint density at radius 1 is 1.00 bits per heavy atom. The van der Waals surface area contributed by atoms with Crippen molar-refractivity contribution >= 4 is 18.1 Å². The van der Waals surface area contributed by atoms with Crippen LogP contribution in [0.2, 0.25) is 0 Å². The van der Waals surface area contributed by atoms with E-state index in [0.717, 1.165) is 11.3 Å². The summed E-state index contributed by atoms with van der Waals surface area (Å²) in [6, 6.07) is 13.5. The Morgan fingerprint density at radius 2 is 1.71 bits per heavy atom. The Morgan fingerprint density at radius 3 is 2.41 bits per heavy atom. The van der Waals surface area contributed by atoms with Gasteiger partial charge in [0, 0.05) is 11.3 Å². The lowest BCUT2D eigenvalue weighted by Crippen LogP contribution is -1.95. The first-order valence-electron chi connectivity index (χ1n) is 5.06. The quantitative estimate of drug-likeness (QED) is 0.724. The van der Waals surface area contributed by atoms with Gasteiger partial charge in [-0.05, 0) is 37.1 Å². The molecule has 3 heteroatoms. The van der Waals surface area contributed by atoms with Crippen molar-refractivity contribution in [1.82, 2.24) is 4.98 Å². The number of hydrogen-bond donors (Lipinski definition) is 1. The fraction of sp³-hybridized carbons (Fsp3) is 0.0714. The maximum absolute atomic E-state index is 5.79. The molecule has 0 atom stereocenters. The van der Waals surface area contributed by atoms with E-state index < -0.39 is 0 Å². The van der Waals surface area contributed by atoms with Crippen LogP contribution in [-0.4, -0.2) is 4.98 Å². The molecule has 86 valence electrons. The van der Waals surface area contributed by atoms with Crippen LogP contribution in [0.25, 0.3) is 0 Å². The number of aromatic nitrogens is 1. The molecule has 1 heterocycles. The van der Waals surface area contributed by atoms with E-state index >= 15 is 0 Å². The first-order valence-corrected chi connectivity index (χ1v) is 5.06. The second kappa shape index (κ2) is 5.93. The highest BCUT2D eigenvalue weighted by Gasteiger charge is 1.96. The molecule has 0 saturated carbocycles. The second-order valence-electron chi connectivity index (χ2n) is 3.51. The molecule has 0 unspecified atom stereocenters. The van der Waals surface area contributed by atoms with Crippen LogP contribution in [-0.2, 0) is 0 Å². The number of benzene rings is 1. The average Bonchev–Trinajstić information content (AvgIpc) is 2.32. The first-order chi connectivity index (χ1) is 7.75. The molecule has 2 rings (SSSR count). The Hall–Kier alpha value is -1.98. The Balaban J connectivity index is 0.00000144. The zero-order chi connectivity index (χ0) is 11.4. The van der Waals surface area contributed by atoms with Crippen LogP contribution in [0.15, 0.2) is 42.5 Å². The van der Waals surface area contributed by atoms with E-state index in [4.69, 9.17) is 5.73 Å². The SMILES string of the molecule is Cc1ccc(N)c(C#Cc2ccccc2)n1.Cl. The van der Waals surface area contributed by atoms with Crippen molar-refractivity contribution in [2.45, 2.75) is 6.92 Å². The predicted octanol–water partition coefficient (Wildman–Crippen LogP) is 2.79. The number of aryl methyl sites for hydroxylation is 1. The number of halogens is 1. The van der Waals surface area contributed by atoms with Gasteiger partial charge in [-0.3, -0.25) is 0 Å². The summed E-state index contributed by atoms with van der Waals surface area (Å²) >= 11 is 0. The number of pyridine rings is 1. The molecule has 0 fully saturated rings. The van der Waals surface area contributed by atoms with Crippen molar-refractivity contribution < 1.29 is 0 Å². The van der Waals surface area contributed by atoms with Gasteiger partial charge in [-0.15, -0.1) is 12.4 Å². The van der Waals surface area contributed by atoms with E-state index in [0.29, 0.717) is 11.4 Å². The van der Waals surface area contributed by atoms with Crippen molar-refractivity contribution in [1.29, 1.82) is 0 Å². The van der Waals surface area contributed by atoms with E-state index in [-0.39, 0.29) is 12.4 Å². The molecule has 1 aromatic carbocycles. The van der Waals surface area contributed by atoms with Crippen LogP contribution in [0.3, 0.4) is 0 Å². The highest BCUT2D eigenvalue weighted by atomic mass is 35.5. The lowest BCUT2D eigenvalue weighted by atomic mass is 10.2. The van der Waals surface area contributed by atoms with Crippen LogP contribution in [0.4, 0.5) is 5.69 Å². The molecule has 2 aromatic rings. The van der Waals surface area contributed by atoms with Gasteiger partial charge in [0.2, 0.25) is 0 Å². The molecule has 0 aliphatic rings. The molecular weight excluding hydrogens is 232 g/mol. The Kier molecular flexibility index (Phi) is 4.56. The van der Waals surface area contributed by atoms with E-state index in [9.17, 15) is 0 Å². The van der Waals surface area contributed by atoms with Crippen LogP contribution in [0, 0.1) is 18.8 Å². The third kappa shape index (κ3) is 3.51. The van der Waals surface area contributed by atoms with Crippen molar-refractivity contribution in [3.05, 3.63) is 59.4 Å². The number of nitrogen functional groups attached to an aromatic ring is 1. The van der Waals surface area contributed by atoms with Crippen molar-refractivity contribution in [3.8, 4) is 11.8 Å². The van der Waals surface area contributed by atoms with E-state index in [2.05, 4.69) is 16.8 Å². The fourth-order valence-corrected chi connectivity index (χ4v) is 1.32. The zero-order valence-corrected chi connectivity index (χ0v) is 10.3. The molecule has 17 heavy (non-hydrogen) atoms. The Labute approximate surface area is 107 Å². The van der Waals surface area contributed by atoms with Gasteiger partial charge in [0.25, 0.3) is 0 Å². The number of rotatable bonds is 0. The third-order valence-electron chi connectivity index (χ3n) is 2.16. The van der Waals surface area contributed by atoms with Crippen molar-refractivity contribution in [2.24, 2.45) is 0 Å². The van der Waals surface area contributed by atoms with Crippen LogP contribution in [0.5, 0.6) is 0 Å². The van der Waals surface area contributed by atoms with Crippen molar-refractivity contribution in [2.75, 3.05) is 5.73 Å². The maximum atomic E-state index is 5.79.